The summed E-state index contributed by atoms with van der Waals surface area (Å²) in [6.45, 7) is 1.33. The second-order valence-electron chi connectivity index (χ2n) is 4.98. The van der Waals surface area contributed by atoms with Gasteiger partial charge in [0.2, 0.25) is 10.0 Å². The van der Waals surface area contributed by atoms with Crippen LogP contribution < -0.4 is 5.73 Å². The summed E-state index contributed by atoms with van der Waals surface area (Å²) in [7, 11) is -2.99. The number of hydrogen-bond donors (Lipinski definition) is 1. The van der Waals surface area contributed by atoms with Gasteiger partial charge >= 0.3 is 0 Å². The van der Waals surface area contributed by atoms with E-state index < -0.39 is 10.0 Å². The quantitative estimate of drug-likeness (QED) is 0.788. The van der Waals surface area contributed by atoms with Crippen molar-refractivity contribution >= 4 is 10.0 Å². The van der Waals surface area contributed by atoms with E-state index in [4.69, 9.17) is 5.73 Å². The molecular formula is C11H22N2O2S. The van der Waals surface area contributed by atoms with E-state index >= 15 is 0 Å². The zero-order valence-corrected chi connectivity index (χ0v) is 10.6. The summed E-state index contributed by atoms with van der Waals surface area (Å²) in [6.07, 6.45) is 6.26. The Balaban J connectivity index is 2.14. The number of hydrogen-bond acceptors (Lipinski definition) is 3. The molecule has 0 amide bonds. The molecule has 0 spiro atoms. The van der Waals surface area contributed by atoms with Crippen molar-refractivity contribution in [1.82, 2.24) is 4.31 Å². The molecule has 2 atom stereocenters. The van der Waals surface area contributed by atoms with Crippen LogP contribution in [0, 0.1) is 5.92 Å². The van der Waals surface area contributed by atoms with Gasteiger partial charge in [-0.05, 0) is 38.1 Å². The molecule has 0 aromatic heterocycles. The smallest absolute Gasteiger partial charge is 0.214 e. The van der Waals surface area contributed by atoms with Crippen LogP contribution in [0.3, 0.4) is 0 Å². The average molecular weight is 246 g/mol. The fourth-order valence-corrected chi connectivity index (χ4v) is 4.92. The lowest BCUT2D eigenvalue weighted by Gasteiger charge is -2.40. The van der Waals surface area contributed by atoms with Gasteiger partial charge in [-0.3, -0.25) is 0 Å². The van der Waals surface area contributed by atoms with Crippen LogP contribution in [-0.2, 0) is 10.0 Å². The normalized spacial score (nSPS) is 36.1. The molecule has 1 heterocycles. The minimum Gasteiger partial charge on any atom is -0.330 e. The SMILES string of the molecule is NCC1CCCCC1N1CCCCS1(=O)=O. The van der Waals surface area contributed by atoms with Crippen LogP contribution in [-0.4, -0.2) is 37.6 Å². The first-order chi connectivity index (χ1) is 7.65. The van der Waals surface area contributed by atoms with Crippen LogP contribution in [0.4, 0.5) is 0 Å². The van der Waals surface area contributed by atoms with Gasteiger partial charge in [-0.15, -0.1) is 0 Å². The highest BCUT2D eigenvalue weighted by atomic mass is 32.2. The molecule has 5 heteroatoms. The molecule has 1 aliphatic carbocycles. The van der Waals surface area contributed by atoms with E-state index in [0.29, 0.717) is 24.8 Å². The van der Waals surface area contributed by atoms with E-state index in [1.54, 1.807) is 4.31 Å². The fraction of sp³-hybridized carbons (Fsp3) is 1.00. The molecule has 2 fully saturated rings. The molecule has 0 radical (unpaired) electrons. The highest BCUT2D eigenvalue weighted by Crippen LogP contribution is 2.31. The number of nitrogens with two attached hydrogens (primary N) is 1. The molecule has 0 aromatic carbocycles. The van der Waals surface area contributed by atoms with Crippen LogP contribution in [0.5, 0.6) is 0 Å². The fourth-order valence-electron chi connectivity index (χ4n) is 3.02. The molecule has 2 aliphatic rings. The monoisotopic (exact) mass is 246 g/mol. The molecule has 4 nitrogen and oxygen atoms in total. The van der Waals surface area contributed by atoms with Gasteiger partial charge in [-0.25, -0.2) is 8.42 Å². The van der Waals surface area contributed by atoms with E-state index in [1.165, 1.54) is 6.42 Å². The van der Waals surface area contributed by atoms with E-state index in [-0.39, 0.29) is 6.04 Å². The van der Waals surface area contributed by atoms with Crippen molar-refractivity contribution in [3.8, 4) is 0 Å². The van der Waals surface area contributed by atoms with E-state index in [2.05, 4.69) is 0 Å². The molecule has 2 N–H and O–H groups in total. The predicted molar refractivity (Wildman–Crippen MR) is 64.5 cm³/mol. The van der Waals surface area contributed by atoms with Crippen molar-refractivity contribution in [1.29, 1.82) is 0 Å². The first kappa shape index (κ1) is 12.3. The van der Waals surface area contributed by atoms with Gasteiger partial charge in [-0.2, -0.15) is 4.31 Å². The molecule has 2 unspecified atom stereocenters. The zero-order chi connectivity index (χ0) is 11.6. The van der Waals surface area contributed by atoms with Crippen molar-refractivity contribution in [3.05, 3.63) is 0 Å². The topological polar surface area (TPSA) is 63.4 Å². The molecule has 0 bridgehead atoms. The first-order valence-corrected chi connectivity index (χ1v) is 7.95. The van der Waals surface area contributed by atoms with Gasteiger partial charge in [0.25, 0.3) is 0 Å². The Morgan fingerprint density at radius 3 is 2.56 bits per heavy atom. The third-order valence-electron chi connectivity index (χ3n) is 3.93. The molecule has 2 rings (SSSR count). The van der Waals surface area contributed by atoms with Crippen molar-refractivity contribution in [2.45, 2.75) is 44.6 Å². The van der Waals surface area contributed by atoms with Gasteiger partial charge in [0.1, 0.15) is 0 Å². The molecule has 1 saturated carbocycles. The molecule has 16 heavy (non-hydrogen) atoms. The van der Waals surface area contributed by atoms with Crippen molar-refractivity contribution in [2.75, 3.05) is 18.8 Å². The van der Waals surface area contributed by atoms with Crippen LogP contribution >= 0.6 is 0 Å². The predicted octanol–water partition coefficient (Wildman–Crippen LogP) is 0.929. The third kappa shape index (κ3) is 2.41. The van der Waals surface area contributed by atoms with Crippen LogP contribution in [0.1, 0.15) is 38.5 Å². The Labute approximate surface area is 98.2 Å². The Morgan fingerprint density at radius 1 is 1.12 bits per heavy atom. The molecular weight excluding hydrogens is 224 g/mol. The standard InChI is InChI=1S/C11H22N2O2S/c12-9-10-5-1-2-6-11(10)13-7-3-4-8-16(13,14)15/h10-11H,1-9,12H2. The van der Waals surface area contributed by atoms with E-state index in [9.17, 15) is 8.42 Å². The van der Waals surface area contributed by atoms with Crippen molar-refractivity contribution in [2.24, 2.45) is 11.7 Å². The van der Waals surface area contributed by atoms with Gasteiger partial charge < -0.3 is 5.73 Å². The maximum atomic E-state index is 12.0. The Kier molecular flexibility index (Phi) is 3.87. The summed E-state index contributed by atoms with van der Waals surface area (Å²) in [5, 5.41) is 0. The van der Waals surface area contributed by atoms with Gasteiger partial charge in [-0.1, -0.05) is 12.8 Å². The second-order valence-corrected chi connectivity index (χ2v) is 7.02. The minimum atomic E-state index is -2.99. The lowest BCUT2D eigenvalue weighted by atomic mass is 9.84. The lowest BCUT2D eigenvalue weighted by molar-refractivity contribution is 0.176. The number of sulfonamides is 1. The Hall–Kier alpha value is -0.130. The number of nitrogens with zero attached hydrogens (tertiary/aromatic N) is 1. The maximum Gasteiger partial charge on any atom is 0.214 e. The van der Waals surface area contributed by atoms with E-state index in [0.717, 1.165) is 32.1 Å². The highest BCUT2D eigenvalue weighted by molar-refractivity contribution is 7.89. The van der Waals surface area contributed by atoms with Crippen LogP contribution in [0.15, 0.2) is 0 Å². The van der Waals surface area contributed by atoms with Crippen LogP contribution in [0.25, 0.3) is 0 Å². The van der Waals surface area contributed by atoms with Gasteiger partial charge in [0, 0.05) is 12.6 Å². The third-order valence-corrected chi connectivity index (χ3v) is 5.90. The van der Waals surface area contributed by atoms with E-state index in [1.807, 2.05) is 0 Å². The summed E-state index contributed by atoms with van der Waals surface area (Å²) in [4.78, 5) is 0. The molecule has 94 valence electrons. The summed E-state index contributed by atoms with van der Waals surface area (Å²) in [5.41, 5.74) is 5.77. The summed E-state index contributed by atoms with van der Waals surface area (Å²) >= 11 is 0. The molecule has 1 aliphatic heterocycles. The first-order valence-electron chi connectivity index (χ1n) is 6.35. The summed E-state index contributed by atoms with van der Waals surface area (Å²) in [5.74, 6) is 0.711. The van der Waals surface area contributed by atoms with Crippen LogP contribution in [0.2, 0.25) is 0 Å². The average Bonchev–Trinajstić information content (AvgIpc) is 2.28. The van der Waals surface area contributed by atoms with Crippen molar-refractivity contribution < 1.29 is 8.42 Å². The zero-order valence-electron chi connectivity index (χ0n) is 9.77. The van der Waals surface area contributed by atoms with Crippen molar-refractivity contribution in [3.63, 3.8) is 0 Å². The maximum absolute atomic E-state index is 12.0. The number of rotatable bonds is 2. The highest BCUT2D eigenvalue weighted by Gasteiger charge is 2.37. The summed E-state index contributed by atoms with van der Waals surface area (Å²) < 4.78 is 25.8. The lowest BCUT2D eigenvalue weighted by Crippen LogP contribution is -2.50. The Morgan fingerprint density at radius 2 is 1.88 bits per heavy atom. The Bertz CT molecular complexity index is 329. The molecule has 0 aromatic rings. The largest absolute Gasteiger partial charge is 0.330 e. The van der Waals surface area contributed by atoms with Gasteiger partial charge in [0.15, 0.2) is 0 Å². The minimum absolute atomic E-state index is 0.184. The van der Waals surface area contributed by atoms with Gasteiger partial charge in [0.05, 0.1) is 5.75 Å². The second kappa shape index (κ2) is 5.02. The summed E-state index contributed by atoms with van der Waals surface area (Å²) in [6, 6.07) is 0.184. The molecule has 1 saturated heterocycles.